The molecular weight excluding hydrogens is 236 g/mol. The summed E-state index contributed by atoms with van der Waals surface area (Å²) in [6.45, 7) is 6.24. The van der Waals surface area contributed by atoms with Crippen LogP contribution in [0, 0.1) is 17.2 Å². The molecule has 1 aliphatic rings. The summed E-state index contributed by atoms with van der Waals surface area (Å²) in [5.41, 5.74) is 1.85. The Bertz CT molecular complexity index is 431. The standard InChI is InChI=1S/C16H22N2O/c1-3-13(4-2)15-10-18-11-16(19-15)14-7-5-12(9-17)6-8-14/h5-8,13,15-16,18H,3-4,10-11H2,1-2H3. The van der Waals surface area contributed by atoms with Crippen molar-refractivity contribution >= 4 is 0 Å². The maximum absolute atomic E-state index is 8.82. The third kappa shape index (κ3) is 3.34. The number of nitrogens with one attached hydrogen (secondary N) is 1. The molecule has 19 heavy (non-hydrogen) atoms. The molecule has 0 bridgehead atoms. The van der Waals surface area contributed by atoms with Gasteiger partial charge in [0.25, 0.3) is 0 Å². The summed E-state index contributed by atoms with van der Waals surface area (Å²) in [6, 6.07) is 9.87. The molecule has 3 nitrogen and oxygen atoms in total. The molecule has 0 spiro atoms. The SMILES string of the molecule is CCC(CC)C1CNCC(c2ccc(C#N)cc2)O1. The molecule has 2 rings (SSSR count). The third-order valence-corrected chi connectivity index (χ3v) is 4.00. The fraction of sp³-hybridized carbons (Fsp3) is 0.562. The number of hydrogen-bond acceptors (Lipinski definition) is 3. The van der Waals surface area contributed by atoms with Crippen molar-refractivity contribution in [2.24, 2.45) is 5.92 Å². The summed E-state index contributed by atoms with van der Waals surface area (Å²) in [5.74, 6) is 0.619. The highest BCUT2D eigenvalue weighted by Gasteiger charge is 2.27. The Morgan fingerprint density at radius 2 is 1.95 bits per heavy atom. The van der Waals surface area contributed by atoms with Crippen LogP contribution >= 0.6 is 0 Å². The number of benzene rings is 1. The van der Waals surface area contributed by atoms with Crippen LogP contribution in [-0.4, -0.2) is 19.2 Å². The van der Waals surface area contributed by atoms with Crippen molar-refractivity contribution in [1.29, 1.82) is 5.26 Å². The Morgan fingerprint density at radius 1 is 1.26 bits per heavy atom. The van der Waals surface area contributed by atoms with E-state index < -0.39 is 0 Å². The van der Waals surface area contributed by atoms with E-state index in [0.717, 1.165) is 31.5 Å². The minimum atomic E-state index is 0.104. The first-order chi connectivity index (χ1) is 9.28. The zero-order valence-electron chi connectivity index (χ0n) is 11.7. The number of rotatable bonds is 4. The van der Waals surface area contributed by atoms with Gasteiger partial charge in [0.2, 0.25) is 0 Å². The highest BCUT2D eigenvalue weighted by atomic mass is 16.5. The van der Waals surface area contributed by atoms with Gasteiger partial charge in [0.05, 0.1) is 23.8 Å². The van der Waals surface area contributed by atoms with Crippen molar-refractivity contribution < 1.29 is 4.74 Å². The van der Waals surface area contributed by atoms with Crippen LogP contribution in [0.15, 0.2) is 24.3 Å². The van der Waals surface area contributed by atoms with Crippen LogP contribution in [0.2, 0.25) is 0 Å². The van der Waals surface area contributed by atoms with E-state index in [4.69, 9.17) is 10.00 Å². The van der Waals surface area contributed by atoms with Gasteiger partial charge in [0.15, 0.2) is 0 Å². The molecule has 102 valence electrons. The first-order valence-electron chi connectivity index (χ1n) is 7.14. The van der Waals surface area contributed by atoms with E-state index in [2.05, 4.69) is 25.2 Å². The van der Waals surface area contributed by atoms with Crippen LogP contribution in [0.1, 0.15) is 43.9 Å². The predicted octanol–water partition coefficient (Wildman–Crippen LogP) is 3.02. The minimum absolute atomic E-state index is 0.104. The number of hydrogen-bond donors (Lipinski definition) is 1. The largest absolute Gasteiger partial charge is 0.367 e. The lowest BCUT2D eigenvalue weighted by molar-refractivity contribution is -0.0688. The second-order valence-corrected chi connectivity index (χ2v) is 5.13. The first kappa shape index (κ1) is 14.0. The summed E-state index contributed by atoms with van der Waals surface area (Å²) < 4.78 is 6.24. The normalized spacial score (nSPS) is 23.3. The average molecular weight is 258 g/mol. The van der Waals surface area contributed by atoms with E-state index in [-0.39, 0.29) is 6.10 Å². The Morgan fingerprint density at radius 3 is 2.53 bits per heavy atom. The van der Waals surface area contributed by atoms with Crippen molar-refractivity contribution in [3.63, 3.8) is 0 Å². The number of nitriles is 1. The van der Waals surface area contributed by atoms with Crippen LogP contribution in [0.4, 0.5) is 0 Å². The zero-order valence-corrected chi connectivity index (χ0v) is 11.7. The van der Waals surface area contributed by atoms with Crippen LogP contribution < -0.4 is 5.32 Å². The topological polar surface area (TPSA) is 45.0 Å². The first-order valence-corrected chi connectivity index (χ1v) is 7.14. The predicted molar refractivity (Wildman–Crippen MR) is 75.7 cm³/mol. The highest BCUT2D eigenvalue weighted by molar-refractivity contribution is 5.32. The lowest BCUT2D eigenvalue weighted by Gasteiger charge is -2.35. The molecule has 1 saturated heterocycles. The fourth-order valence-electron chi connectivity index (χ4n) is 2.72. The Hall–Kier alpha value is -1.37. The Balaban J connectivity index is 2.06. The van der Waals surface area contributed by atoms with Gasteiger partial charge >= 0.3 is 0 Å². The molecule has 1 fully saturated rings. The Kier molecular flexibility index (Phi) is 4.95. The summed E-state index contributed by atoms with van der Waals surface area (Å²) in [5, 5.41) is 12.3. The molecule has 2 atom stereocenters. The van der Waals surface area contributed by atoms with E-state index in [9.17, 15) is 0 Å². The van der Waals surface area contributed by atoms with Gasteiger partial charge in [-0.3, -0.25) is 0 Å². The molecule has 0 radical (unpaired) electrons. The molecule has 0 aromatic heterocycles. The molecule has 1 aliphatic heterocycles. The fourth-order valence-corrected chi connectivity index (χ4v) is 2.72. The van der Waals surface area contributed by atoms with Crippen LogP contribution in [0.5, 0.6) is 0 Å². The maximum atomic E-state index is 8.82. The molecule has 3 heteroatoms. The Labute approximate surface area is 115 Å². The molecule has 0 aliphatic carbocycles. The van der Waals surface area contributed by atoms with Crippen LogP contribution in [0.3, 0.4) is 0 Å². The van der Waals surface area contributed by atoms with E-state index in [1.165, 1.54) is 0 Å². The second kappa shape index (κ2) is 6.70. The van der Waals surface area contributed by atoms with Crippen LogP contribution in [-0.2, 0) is 4.74 Å². The van der Waals surface area contributed by atoms with Crippen molar-refractivity contribution in [3.8, 4) is 6.07 Å². The van der Waals surface area contributed by atoms with Crippen molar-refractivity contribution in [2.75, 3.05) is 13.1 Å². The number of morpholine rings is 1. The lowest BCUT2D eigenvalue weighted by Crippen LogP contribution is -2.44. The van der Waals surface area contributed by atoms with E-state index in [0.29, 0.717) is 17.6 Å². The minimum Gasteiger partial charge on any atom is -0.367 e. The van der Waals surface area contributed by atoms with Crippen molar-refractivity contribution in [3.05, 3.63) is 35.4 Å². The van der Waals surface area contributed by atoms with E-state index in [1.807, 2.05) is 24.3 Å². The second-order valence-electron chi connectivity index (χ2n) is 5.13. The summed E-state index contributed by atoms with van der Waals surface area (Å²) in [7, 11) is 0. The van der Waals surface area contributed by atoms with E-state index in [1.54, 1.807) is 0 Å². The van der Waals surface area contributed by atoms with Crippen LogP contribution in [0.25, 0.3) is 0 Å². The van der Waals surface area contributed by atoms with Crippen molar-refractivity contribution in [1.82, 2.24) is 5.32 Å². The number of ether oxygens (including phenoxy) is 1. The molecular formula is C16H22N2O. The van der Waals surface area contributed by atoms with Gasteiger partial charge in [-0.15, -0.1) is 0 Å². The average Bonchev–Trinajstić information content (AvgIpc) is 2.49. The number of nitrogens with zero attached hydrogens (tertiary/aromatic N) is 1. The van der Waals surface area contributed by atoms with Gasteiger partial charge in [0.1, 0.15) is 0 Å². The van der Waals surface area contributed by atoms with Gasteiger partial charge in [-0.05, 0) is 23.6 Å². The summed E-state index contributed by atoms with van der Waals surface area (Å²) >= 11 is 0. The maximum Gasteiger partial charge on any atom is 0.0991 e. The summed E-state index contributed by atoms with van der Waals surface area (Å²) in [4.78, 5) is 0. The molecule has 1 heterocycles. The quantitative estimate of drug-likeness (QED) is 0.903. The smallest absolute Gasteiger partial charge is 0.0991 e. The third-order valence-electron chi connectivity index (χ3n) is 4.00. The van der Waals surface area contributed by atoms with Gasteiger partial charge in [0, 0.05) is 13.1 Å². The summed E-state index contributed by atoms with van der Waals surface area (Å²) in [6.07, 6.45) is 2.71. The monoisotopic (exact) mass is 258 g/mol. The molecule has 2 unspecified atom stereocenters. The van der Waals surface area contributed by atoms with Gasteiger partial charge in [-0.2, -0.15) is 5.26 Å². The molecule has 1 N–H and O–H groups in total. The van der Waals surface area contributed by atoms with Gasteiger partial charge < -0.3 is 10.1 Å². The van der Waals surface area contributed by atoms with Gasteiger partial charge in [-0.1, -0.05) is 38.8 Å². The molecule has 0 amide bonds. The van der Waals surface area contributed by atoms with E-state index >= 15 is 0 Å². The lowest BCUT2D eigenvalue weighted by atomic mass is 9.94. The molecule has 1 aromatic rings. The highest BCUT2D eigenvalue weighted by Crippen LogP contribution is 2.27. The van der Waals surface area contributed by atoms with Crippen molar-refractivity contribution in [2.45, 2.75) is 38.9 Å². The molecule has 1 aromatic carbocycles. The van der Waals surface area contributed by atoms with Gasteiger partial charge in [-0.25, -0.2) is 0 Å². The zero-order chi connectivity index (χ0) is 13.7. The molecule has 0 saturated carbocycles.